The fourth-order valence-corrected chi connectivity index (χ4v) is 2.03. The molecule has 0 bridgehead atoms. The summed E-state index contributed by atoms with van der Waals surface area (Å²) in [6.45, 7) is 2.08. The summed E-state index contributed by atoms with van der Waals surface area (Å²) in [5.41, 5.74) is 3.43. The Kier molecular flexibility index (Phi) is 3.92. The Balaban J connectivity index is 2.03. The van der Waals surface area contributed by atoms with E-state index in [9.17, 15) is 4.79 Å². The number of Topliss-reactive ketones (excluding diaryl/α,β-unsaturated/α-hetero) is 1. The van der Waals surface area contributed by atoms with Gasteiger partial charge in [0.2, 0.25) is 0 Å². The summed E-state index contributed by atoms with van der Waals surface area (Å²) in [5.74, 6) is 0.324. The van der Waals surface area contributed by atoms with Crippen LogP contribution in [0.4, 0.5) is 0 Å². The van der Waals surface area contributed by atoms with Crippen molar-refractivity contribution in [3.8, 4) is 0 Å². The highest BCUT2D eigenvalue weighted by Crippen LogP contribution is 2.19. The average molecular weight is 226 g/mol. The quantitative estimate of drug-likeness (QED) is 0.694. The number of rotatable bonds is 2. The second kappa shape index (κ2) is 5.62. The standard InChI is InChI=1S/C16H18O/c1-13-9-11-14(12-10-13)5-4-7-15-6-2-3-8-16(15)17/h4-5,7,9-12H,2-3,6,8H2,1H3/b5-4-,15-7+. The maximum absolute atomic E-state index is 11.6. The third-order valence-electron chi connectivity index (χ3n) is 3.12. The molecule has 0 atom stereocenters. The lowest BCUT2D eigenvalue weighted by Crippen LogP contribution is -2.07. The van der Waals surface area contributed by atoms with Crippen LogP contribution in [0.25, 0.3) is 6.08 Å². The van der Waals surface area contributed by atoms with Gasteiger partial charge in [0.15, 0.2) is 5.78 Å². The van der Waals surface area contributed by atoms with E-state index in [-0.39, 0.29) is 0 Å². The van der Waals surface area contributed by atoms with Crippen LogP contribution in [0.5, 0.6) is 0 Å². The summed E-state index contributed by atoms with van der Waals surface area (Å²) in [5, 5.41) is 0. The molecule has 0 amide bonds. The van der Waals surface area contributed by atoms with Crippen LogP contribution in [0.1, 0.15) is 36.8 Å². The van der Waals surface area contributed by atoms with Crippen LogP contribution in [0, 0.1) is 6.92 Å². The zero-order chi connectivity index (χ0) is 12.1. The molecule has 2 rings (SSSR count). The summed E-state index contributed by atoms with van der Waals surface area (Å²) >= 11 is 0. The minimum absolute atomic E-state index is 0.324. The molecule has 0 radical (unpaired) electrons. The van der Waals surface area contributed by atoms with Gasteiger partial charge < -0.3 is 0 Å². The predicted octanol–water partition coefficient (Wildman–Crippen LogP) is 4.08. The molecule has 0 heterocycles. The van der Waals surface area contributed by atoms with E-state index < -0.39 is 0 Å². The van der Waals surface area contributed by atoms with Crippen LogP contribution in [0.3, 0.4) is 0 Å². The average Bonchev–Trinajstić information content (AvgIpc) is 2.34. The first-order valence-electron chi connectivity index (χ1n) is 6.23. The van der Waals surface area contributed by atoms with Gasteiger partial charge in [-0.15, -0.1) is 0 Å². The van der Waals surface area contributed by atoms with Gasteiger partial charge >= 0.3 is 0 Å². The smallest absolute Gasteiger partial charge is 0.158 e. The maximum Gasteiger partial charge on any atom is 0.158 e. The summed E-state index contributed by atoms with van der Waals surface area (Å²) in [6, 6.07) is 8.37. The molecule has 1 heteroatoms. The van der Waals surface area contributed by atoms with E-state index in [1.165, 1.54) is 11.1 Å². The second-order valence-electron chi connectivity index (χ2n) is 4.59. The molecule has 1 nitrogen and oxygen atoms in total. The lowest BCUT2D eigenvalue weighted by Gasteiger charge is -2.11. The van der Waals surface area contributed by atoms with Crippen molar-refractivity contribution in [3.05, 3.63) is 53.1 Å². The molecule has 0 N–H and O–H groups in total. The van der Waals surface area contributed by atoms with Crippen LogP contribution < -0.4 is 0 Å². The molecule has 1 aromatic carbocycles. The first kappa shape index (κ1) is 11.8. The summed E-state index contributed by atoms with van der Waals surface area (Å²) in [4.78, 5) is 11.6. The molecule has 17 heavy (non-hydrogen) atoms. The van der Waals surface area contributed by atoms with Crippen molar-refractivity contribution in [3.63, 3.8) is 0 Å². The monoisotopic (exact) mass is 226 g/mol. The van der Waals surface area contributed by atoms with Gasteiger partial charge in [0, 0.05) is 6.42 Å². The Morgan fingerprint density at radius 1 is 1.06 bits per heavy atom. The van der Waals surface area contributed by atoms with Crippen molar-refractivity contribution in [2.75, 3.05) is 0 Å². The molecular formula is C16H18O. The largest absolute Gasteiger partial charge is 0.295 e. The number of ketones is 1. The fraction of sp³-hybridized carbons (Fsp3) is 0.312. The summed E-state index contributed by atoms with van der Waals surface area (Å²) < 4.78 is 0. The Morgan fingerprint density at radius 2 is 1.76 bits per heavy atom. The Bertz CT molecular complexity index is 449. The SMILES string of the molecule is Cc1ccc(/C=C\C=C2/CCCCC2=O)cc1. The van der Waals surface area contributed by atoms with Crippen LogP contribution in [-0.4, -0.2) is 5.78 Å². The number of hydrogen-bond donors (Lipinski definition) is 0. The van der Waals surface area contributed by atoms with Gasteiger partial charge in [0.25, 0.3) is 0 Å². The van der Waals surface area contributed by atoms with Crippen molar-refractivity contribution in [2.24, 2.45) is 0 Å². The molecule has 1 aliphatic carbocycles. The van der Waals surface area contributed by atoms with E-state index in [0.717, 1.165) is 31.3 Å². The van der Waals surface area contributed by atoms with Crippen LogP contribution in [0.15, 0.2) is 42.0 Å². The number of carbonyl (C=O) groups excluding carboxylic acids is 1. The first-order valence-corrected chi connectivity index (χ1v) is 6.23. The zero-order valence-corrected chi connectivity index (χ0v) is 10.3. The number of hydrogen-bond acceptors (Lipinski definition) is 1. The lowest BCUT2D eigenvalue weighted by atomic mass is 9.93. The molecule has 0 unspecified atom stereocenters. The normalized spacial score (nSPS) is 19.1. The van der Waals surface area contributed by atoms with E-state index in [4.69, 9.17) is 0 Å². The van der Waals surface area contributed by atoms with Crippen LogP contribution >= 0.6 is 0 Å². The Hall–Kier alpha value is -1.63. The van der Waals surface area contributed by atoms with Gasteiger partial charge in [-0.3, -0.25) is 4.79 Å². The molecule has 0 spiro atoms. The maximum atomic E-state index is 11.6. The van der Waals surface area contributed by atoms with Crippen molar-refractivity contribution in [2.45, 2.75) is 32.6 Å². The van der Waals surface area contributed by atoms with Crippen molar-refractivity contribution in [1.82, 2.24) is 0 Å². The van der Waals surface area contributed by atoms with E-state index in [1.807, 2.05) is 18.2 Å². The number of carbonyl (C=O) groups is 1. The highest BCUT2D eigenvalue weighted by atomic mass is 16.1. The Labute approximate surface area is 103 Å². The van der Waals surface area contributed by atoms with E-state index in [0.29, 0.717) is 5.78 Å². The highest BCUT2D eigenvalue weighted by molar-refractivity contribution is 5.96. The summed E-state index contributed by atoms with van der Waals surface area (Å²) in [7, 11) is 0. The van der Waals surface area contributed by atoms with Crippen LogP contribution in [-0.2, 0) is 4.79 Å². The minimum Gasteiger partial charge on any atom is -0.295 e. The molecule has 88 valence electrons. The van der Waals surface area contributed by atoms with Gasteiger partial charge in [0.1, 0.15) is 0 Å². The number of allylic oxidation sites excluding steroid dienone is 3. The molecule has 1 aromatic rings. The van der Waals surface area contributed by atoms with E-state index >= 15 is 0 Å². The second-order valence-corrected chi connectivity index (χ2v) is 4.59. The Morgan fingerprint density at radius 3 is 2.47 bits per heavy atom. The molecule has 1 aliphatic rings. The van der Waals surface area contributed by atoms with Gasteiger partial charge in [-0.1, -0.05) is 48.1 Å². The predicted molar refractivity (Wildman–Crippen MR) is 71.8 cm³/mol. The molecular weight excluding hydrogens is 208 g/mol. The molecule has 0 aromatic heterocycles. The molecule has 1 saturated carbocycles. The van der Waals surface area contributed by atoms with E-state index in [2.05, 4.69) is 31.2 Å². The van der Waals surface area contributed by atoms with Crippen LogP contribution in [0.2, 0.25) is 0 Å². The van der Waals surface area contributed by atoms with Gasteiger partial charge in [-0.2, -0.15) is 0 Å². The van der Waals surface area contributed by atoms with Gasteiger partial charge in [-0.05, 0) is 37.3 Å². The lowest BCUT2D eigenvalue weighted by molar-refractivity contribution is -0.116. The summed E-state index contributed by atoms with van der Waals surface area (Å²) in [6.07, 6.45) is 9.88. The minimum atomic E-state index is 0.324. The first-order chi connectivity index (χ1) is 8.25. The van der Waals surface area contributed by atoms with Gasteiger partial charge in [0.05, 0.1) is 0 Å². The van der Waals surface area contributed by atoms with Crippen molar-refractivity contribution >= 4 is 11.9 Å². The van der Waals surface area contributed by atoms with Crippen molar-refractivity contribution < 1.29 is 4.79 Å². The molecule has 0 aliphatic heterocycles. The third-order valence-corrected chi connectivity index (χ3v) is 3.12. The van der Waals surface area contributed by atoms with Crippen molar-refractivity contribution in [1.29, 1.82) is 0 Å². The zero-order valence-electron chi connectivity index (χ0n) is 10.3. The third kappa shape index (κ3) is 3.42. The van der Waals surface area contributed by atoms with E-state index in [1.54, 1.807) is 0 Å². The van der Waals surface area contributed by atoms with Gasteiger partial charge in [-0.25, -0.2) is 0 Å². The number of benzene rings is 1. The molecule has 1 fully saturated rings. The fourth-order valence-electron chi connectivity index (χ4n) is 2.03. The molecule has 0 saturated heterocycles. The number of aryl methyl sites for hydroxylation is 1. The highest BCUT2D eigenvalue weighted by Gasteiger charge is 2.13. The topological polar surface area (TPSA) is 17.1 Å².